The van der Waals surface area contributed by atoms with Gasteiger partial charge in [-0.2, -0.15) is 0 Å². The third kappa shape index (κ3) is 2.18. The average molecular weight is 286 g/mol. The van der Waals surface area contributed by atoms with Crippen LogP contribution in [0.2, 0.25) is 0 Å². The highest BCUT2D eigenvalue weighted by Crippen LogP contribution is 2.74. The first-order chi connectivity index (χ1) is 9.96. The number of carbonyl (C=O) groups is 1. The molecule has 3 saturated carbocycles. The summed E-state index contributed by atoms with van der Waals surface area (Å²) < 4.78 is 5.35. The van der Waals surface area contributed by atoms with E-state index in [4.69, 9.17) is 4.74 Å². The van der Waals surface area contributed by atoms with Crippen LogP contribution in [0.5, 0.6) is 0 Å². The molecule has 0 aromatic heterocycles. The summed E-state index contributed by atoms with van der Waals surface area (Å²) in [7, 11) is 0. The largest absolute Gasteiger partial charge is 0.460 e. The van der Waals surface area contributed by atoms with Gasteiger partial charge < -0.3 is 4.74 Å². The molecule has 2 heteroatoms. The fourth-order valence-electron chi connectivity index (χ4n) is 5.60. The van der Waals surface area contributed by atoms with Crippen LogP contribution >= 0.6 is 0 Å². The molecular weight excluding hydrogens is 260 g/mol. The highest BCUT2D eigenvalue weighted by Gasteiger charge is 2.69. The van der Waals surface area contributed by atoms with Gasteiger partial charge in [0.05, 0.1) is 6.42 Å². The lowest BCUT2D eigenvalue weighted by molar-refractivity contribution is -0.153. The minimum atomic E-state index is -0.371. The van der Waals surface area contributed by atoms with Gasteiger partial charge in [0.2, 0.25) is 0 Å². The van der Waals surface area contributed by atoms with E-state index >= 15 is 0 Å². The van der Waals surface area contributed by atoms with Gasteiger partial charge in [0.15, 0.2) is 0 Å². The Bertz CT molecular complexity index is 510. The molecule has 0 spiro atoms. The number of fused-ring (bicyclic) bond motifs is 8. The number of rotatable bonds is 3. The lowest BCUT2D eigenvalue weighted by Crippen LogP contribution is -2.23. The van der Waals surface area contributed by atoms with Crippen LogP contribution < -0.4 is 0 Å². The van der Waals surface area contributed by atoms with E-state index in [1.165, 1.54) is 12.8 Å². The zero-order valence-electron chi connectivity index (χ0n) is 13.3. The van der Waals surface area contributed by atoms with Crippen molar-refractivity contribution in [3.05, 3.63) is 24.3 Å². The first kappa shape index (κ1) is 13.6. The van der Waals surface area contributed by atoms with Gasteiger partial charge in [-0.1, -0.05) is 24.3 Å². The predicted molar refractivity (Wildman–Crippen MR) is 82.4 cm³/mol. The van der Waals surface area contributed by atoms with E-state index in [9.17, 15) is 4.79 Å². The fourth-order valence-corrected chi connectivity index (χ4v) is 5.60. The van der Waals surface area contributed by atoms with Crippen molar-refractivity contribution in [1.29, 1.82) is 0 Å². The van der Waals surface area contributed by atoms with Gasteiger partial charge in [-0.15, -0.1) is 0 Å². The molecular formula is C19H26O2. The zero-order valence-corrected chi connectivity index (χ0v) is 13.3. The van der Waals surface area contributed by atoms with Crippen LogP contribution in [0, 0.1) is 41.4 Å². The van der Waals surface area contributed by atoms with E-state index in [0.29, 0.717) is 6.42 Å². The molecule has 4 aliphatic rings. The Morgan fingerprint density at radius 1 is 1.24 bits per heavy atom. The van der Waals surface area contributed by atoms with Crippen molar-refractivity contribution in [3.8, 4) is 0 Å². The molecule has 0 N–H and O–H groups in total. The van der Waals surface area contributed by atoms with Crippen LogP contribution in [0.1, 0.15) is 40.0 Å². The summed E-state index contributed by atoms with van der Waals surface area (Å²) in [6.07, 6.45) is 12.5. The Hall–Kier alpha value is -1.05. The molecule has 7 atom stereocenters. The van der Waals surface area contributed by atoms with E-state index < -0.39 is 0 Å². The SMILES string of the molecule is CC(C)(C)OC(=O)C/C=C\[C@H]1[C@@H]2[C@@H]3C[C@@H]([C@@H]4C=CC[C@@H]43)[C@H]12. The molecule has 21 heavy (non-hydrogen) atoms. The maximum Gasteiger partial charge on any atom is 0.310 e. The number of hydrogen-bond acceptors (Lipinski definition) is 2. The zero-order chi connectivity index (χ0) is 14.8. The summed E-state index contributed by atoms with van der Waals surface area (Å²) in [5.41, 5.74) is -0.371. The molecule has 3 fully saturated rings. The second kappa shape index (κ2) is 4.47. The summed E-state index contributed by atoms with van der Waals surface area (Å²) >= 11 is 0. The molecule has 0 aromatic rings. The van der Waals surface area contributed by atoms with Crippen molar-refractivity contribution in [3.63, 3.8) is 0 Å². The molecule has 0 saturated heterocycles. The van der Waals surface area contributed by atoms with Gasteiger partial charge in [0, 0.05) is 0 Å². The van der Waals surface area contributed by atoms with Gasteiger partial charge in [-0.05, 0) is 75.0 Å². The summed E-state index contributed by atoms with van der Waals surface area (Å²) in [5.74, 6) is 6.28. The maximum atomic E-state index is 11.7. The molecule has 0 aromatic carbocycles. The normalized spacial score (nSPS) is 46.0. The number of esters is 1. The van der Waals surface area contributed by atoms with Gasteiger partial charge in [0.1, 0.15) is 5.60 Å². The molecule has 0 aliphatic heterocycles. The third-order valence-corrected chi connectivity index (χ3v) is 6.09. The molecule has 4 aliphatic carbocycles. The Kier molecular flexibility index (Phi) is 2.90. The van der Waals surface area contributed by atoms with Crippen LogP contribution in [0.4, 0.5) is 0 Å². The number of allylic oxidation sites excluding steroid dienone is 3. The first-order valence-electron chi connectivity index (χ1n) is 8.51. The van der Waals surface area contributed by atoms with Gasteiger partial charge >= 0.3 is 5.97 Å². The fraction of sp³-hybridized carbons (Fsp3) is 0.737. The Morgan fingerprint density at radius 3 is 2.76 bits per heavy atom. The number of hydrogen-bond donors (Lipinski definition) is 0. The maximum absolute atomic E-state index is 11.7. The van der Waals surface area contributed by atoms with Crippen molar-refractivity contribution in [2.24, 2.45) is 41.4 Å². The summed E-state index contributed by atoms with van der Waals surface area (Å²) in [6, 6.07) is 0. The summed E-state index contributed by atoms with van der Waals surface area (Å²) in [5, 5.41) is 0. The van der Waals surface area contributed by atoms with Crippen LogP contribution in [-0.4, -0.2) is 11.6 Å². The molecule has 114 valence electrons. The standard InChI is InChI=1S/C19H26O2/c1-19(2,3)21-16(20)9-5-8-13-17-14-10-15(18(13)17)12-7-4-6-11(12)14/h4-6,8,11-15,17-18H,7,9-10H2,1-3H3/b8-5-/t11-,12+,13-,14+,15-,17+,18-/m1/s1. The summed E-state index contributed by atoms with van der Waals surface area (Å²) in [6.45, 7) is 5.76. The van der Waals surface area contributed by atoms with E-state index in [2.05, 4.69) is 24.3 Å². The Morgan fingerprint density at radius 2 is 2.00 bits per heavy atom. The molecule has 0 radical (unpaired) electrons. The van der Waals surface area contributed by atoms with Crippen LogP contribution in [0.25, 0.3) is 0 Å². The van der Waals surface area contributed by atoms with Crippen molar-refractivity contribution < 1.29 is 9.53 Å². The Balaban J connectivity index is 1.32. The molecule has 2 bridgehead atoms. The van der Waals surface area contributed by atoms with Gasteiger partial charge in [0.25, 0.3) is 0 Å². The quantitative estimate of drug-likeness (QED) is 0.579. The molecule has 0 amide bonds. The smallest absolute Gasteiger partial charge is 0.310 e. The van der Waals surface area contributed by atoms with E-state index in [-0.39, 0.29) is 11.6 Å². The van der Waals surface area contributed by atoms with E-state index in [0.717, 1.165) is 41.4 Å². The lowest BCUT2D eigenvalue weighted by atomic mass is 9.82. The van der Waals surface area contributed by atoms with Crippen molar-refractivity contribution in [1.82, 2.24) is 0 Å². The van der Waals surface area contributed by atoms with Gasteiger partial charge in [-0.25, -0.2) is 0 Å². The third-order valence-electron chi connectivity index (χ3n) is 6.09. The van der Waals surface area contributed by atoms with Gasteiger partial charge in [-0.3, -0.25) is 4.79 Å². The van der Waals surface area contributed by atoms with Crippen LogP contribution in [-0.2, 0) is 9.53 Å². The predicted octanol–water partition coefficient (Wildman–Crippen LogP) is 3.98. The molecule has 0 heterocycles. The second-order valence-electron chi connectivity index (χ2n) is 8.42. The molecule has 4 rings (SSSR count). The first-order valence-corrected chi connectivity index (χ1v) is 8.51. The molecule has 2 nitrogen and oxygen atoms in total. The lowest BCUT2D eigenvalue weighted by Gasteiger charge is -2.22. The number of ether oxygens (including phenoxy) is 1. The van der Waals surface area contributed by atoms with Crippen molar-refractivity contribution in [2.45, 2.75) is 45.6 Å². The Labute approximate surface area is 127 Å². The topological polar surface area (TPSA) is 26.3 Å². The van der Waals surface area contributed by atoms with Crippen molar-refractivity contribution >= 4 is 5.97 Å². The summed E-state index contributed by atoms with van der Waals surface area (Å²) in [4.78, 5) is 11.7. The van der Waals surface area contributed by atoms with Crippen molar-refractivity contribution in [2.75, 3.05) is 0 Å². The second-order valence-corrected chi connectivity index (χ2v) is 8.42. The highest BCUT2D eigenvalue weighted by atomic mass is 16.6. The highest BCUT2D eigenvalue weighted by molar-refractivity contribution is 5.71. The minimum absolute atomic E-state index is 0.104. The van der Waals surface area contributed by atoms with Crippen LogP contribution in [0.15, 0.2) is 24.3 Å². The van der Waals surface area contributed by atoms with Crippen LogP contribution in [0.3, 0.4) is 0 Å². The molecule has 0 unspecified atom stereocenters. The van der Waals surface area contributed by atoms with E-state index in [1.54, 1.807) is 0 Å². The average Bonchev–Trinajstić information content (AvgIpc) is 2.79. The van der Waals surface area contributed by atoms with E-state index in [1.807, 2.05) is 20.8 Å². The number of carbonyl (C=O) groups excluding carboxylic acids is 1. The minimum Gasteiger partial charge on any atom is -0.460 e. The monoisotopic (exact) mass is 286 g/mol.